The standard InChI is InChI=1S/C21H24N2O3S/c1-3-15-22-27(25,26)18-13-11-17(12-14-18)21(24)23(2)20-10-6-8-16-7-4-5-9-19(16)20/h3-5,7,9,11-14,20,22H,1,6,8,10,15H2,2H3/t20-/m1/s1. The number of rotatable bonds is 6. The summed E-state index contributed by atoms with van der Waals surface area (Å²) in [5.74, 6) is -0.111. The topological polar surface area (TPSA) is 66.5 Å². The Kier molecular flexibility index (Phi) is 5.77. The molecule has 0 bridgehead atoms. The number of aryl methyl sites for hydroxylation is 1. The number of amides is 1. The maximum atomic E-state index is 12.9. The molecule has 0 aromatic heterocycles. The van der Waals surface area contributed by atoms with Crippen molar-refractivity contribution >= 4 is 15.9 Å². The second-order valence-corrected chi connectivity index (χ2v) is 8.45. The summed E-state index contributed by atoms with van der Waals surface area (Å²) in [5, 5.41) is 0. The molecular weight excluding hydrogens is 360 g/mol. The molecule has 1 amide bonds. The van der Waals surface area contributed by atoms with Gasteiger partial charge in [-0.05, 0) is 54.7 Å². The zero-order valence-electron chi connectivity index (χ0n) is 15.4. The minimum atomic E-state index is -3.59. The molecule has 1 aliphatic carbocycles. The number of hydrogen-bond acceptors (Lipinski definition) is 3. The highest BCUT2D eigenvalue weighted by Crippen LogP contribution is 2.34. The molecule has 1 atom stereocenters. The highest BCUT2D eigenvalue weighted by molar-refractivity contribution is 7.89. The van der Waals surface area contributed by atoms with Crippen LogP contribution in [0, 0.1) is 0 Å². The van der Waals surface area contributed by atoms with E-state index >= 15 is 0 Å². The fourth-order valence-electron chi connectivity index (χ4n) is 3.50. The molecule has 2 aromatic rings. The van der Waals surface area contributed by atoms with Gasteiger partial charge in [0.1, 0.15) is 0 Å². The second-order valence-electron chi connectivity index (χ2n) is 6.69. The van der Waals surface area contributed by atoms with Crippen molar-refractivity contribution in [3.8, 4) is 0 Å². The van der Waals surface area contributed by atoms with Crippen LogP contribution in [0.3, 0.4) is 0 Å². The van der Waals surface area contributed by atoms with E-state index in [0.717, 1.165) is 19.3 Å². The van der Waals surface area contributed by atoms with E-state index in [1.165, 1.54) is 29.3 Å². The third-order valence-corrected chi connectivity index (χ3v) is 6.39. The van der Waals surface area contributed by atoms with Crippen LogP contribution >= 0.6 is 0 Å². The molecule has 1 aliphatic rings. The van der Waals surface area contributed by atoms with E-state index in [9.17, 15) is 13.2 Å². The van der Waals surface area contributed by atoms with Crippen LogP contribution in [0.2, 0.25) is 0 Å². The monoisotopic (exact) mass is 384 g/mol. The van der Waals surface area contributed by atoms with Crippen molar-refractivity contribution in [2.45, 2.75) is 30.2 Å². The van der Waals surface area contributed by atoms with Gasteiger partial charge in [0, 0.05) is 19.2 Å². The fourth-order valence-corrected chi connectivity index (χ4v) is 4.50. The number of carbonyl (C=O) groups excluding carboxylic acids is 1. The van der Waals surface area contributed by atoms with E-state index in [1.54, 1.807) is 17.0 Å². The van der Waals surface area contributed by atoms with Gasteiger partial charge >= 0.3 is 0 Å². The van der Waals surface area contributed by atoms with Crippen LogP contribution < -0.4 is 4.72 Å². The predicted molar refractivity (Wildman–Crippen MR) is 106 cm³/mol. The van der Waals surface area contributed by atoms with Gasteiger partial charge in [-0.1, -0.05) is 30.3 Å². The summed E-state index contributed by atoms with van der Waals surface area (Å²) in [5.41, 5.74) is 2.97. The third kappa shape index (κ3) is 4.12. The molecule has 142 valence electrons. The summed E-state index contributed by atoms with van der Waals surface area (Å²) >= 11 is 0. The lowest BCUT2D eigenvalue weighted by atomic mass is 9.87. The Bertz CT molecular complexity index is 936. The highest BCUT2D eigenvalue weighted by atomic mass is 32.2. The second kappa shape index (κ2) is 8.06. The lowest BCUT2D eigenvalue weighted by molar-refractivity contribution is 0.0715. The number of fused-ring (bicyclic) bond motifs is 1. The van der Waals surface area contributed by atoms with Gasteiger partial charge in [0.05, 0.1) is 10.9 Å². The van der Waals surface area contributed by atoms with E-state index in [2.05, 4.69) is 23.4 Å². The first-order valence-electron chi connectivity index (χ1n) is 8.99. The molecule has 0 spiro atoms. The average molecular weight is 385 g/mol. The van der Waals surface area contributed by atoms with Crippen LogP contribution in [0.1, 0.15) is 40.4 Å². The van der Waals surface area contributed by atoms with E-state index in [-0.39, 0.29) is 23.4 Å². The minimum absolute atomic E-state index is 0.0418. The molecule has 27 heavy (non-hydrogen) atoms. The Morgan fingerprint density at radius 2 is 1.93 bits per heavy atom. The predicted octanol–water partition coefficient (Wildman–Crippen LogP) is 3.30. The number of nitrogens with one attached hydrogen (secondary N) is 1. The van der Waals surface area contributed by atoms with Crippen molar-refractivity contribution in [2.24, 2.45) is 0 Å². The van der Waals surface area contributed by atoms with Gasteiger partial charge in [-0.2, -0.15) is 0 Å². The van der Waals surface area contributed by atoms with Crippen LogP contribution in [0.15, 0.2) is 66.1 Å². The maximum Gasteiger partial charge on any atom is 0.254 e. The van der Waals surface area contributed by atoms with Gasteiger partial charge in [0.2, 0.25) is 10.0 Å². The van der Waals surface area contributed by atoms with E-state index in [4.69, 9.17) is 0 Å². The Morgan fingerprint density at radius 3 is 2.63 bits per heavy atom. The van der Waals surface area contributed by atoms with E-state index in [1.807, 2.05) is 19.2 Å². The first-order chi connectivity index (χ1) is 12.9. The Hall–Kier alpha value is -2.44. The molecule has 0 unspecified atom stereocenters. The molecule has 0 fully saturated rings. The van der Waals surface area contributed by atoms with Gasteiger partial charge < -0.3 is 4.90 Å². The van der Waals surface area contributed by atoms with Crippen molar-refractivity contribution < 1.29 is 13.2 Å². The van der Waals surface area contributed by atoms with Gasteiger partial charge in [0.25, 0.3) is 5.91 Å². The number of carbonyl (C=O) groups is 1. The largest absolute Gasteiger partial charge is 0.335 e. The smallest absolute Gasteiger partial charge is 0.254 e. The Labute approximate surface area is 160 Å². The SMILES string of the molecule is C=CCNS(=O)(=O)c1ccc(C(=O)N(C)[C@@H]2CCCc3ccccc32)cc1. The van der Waals surface area contributed by atoms with Crippen LogP contribution in [0.5, 0.6) is 0 Å². The zero-order valence-corrected chi connectivity index (χ0v) is 16.2. The molecule has 5 nitrogen and oxygen atoms in total. The molecule has 3 rings (SSSR count). The first kappa shape index (κ1) is 19.3. The van der Waals surface area contributed by atoms with Crippen molar-refractivity contribution in [1.29, 1.82) is 0 Å². The van der Waals surface area contributed by atoms with Gasteiger partial charge in [0.15, 0.2) is 0 Å². The quantitative estimate of drug-likeness (QED) is 0.777. The number of nitrogens with zero attached hydrogens (tertiary/aromatic N) is 1. The summed E-state index contributed by atoms with van der Waals surface area (Å²) in [6, 6.07) is 14.3. The summed E-state index contributed by atoms with van der Waals surface area (Å²) < 4.78 is 26.7. The molecule has 0 heterocycles. The van der Waals surface area contributed by atoms with E-state index < -0.39 is 10.0 Å². The van der Waals surface area contributed by atoms with E-state index in [0.29, 0.717) is 5.56 Å². The molecule has 2 aromatic carbocycles. The average Bonchev–Trinajstić information content (AvgIpc) is 2.71. The first-order valence-corrected chi connectivity index (χ1v) is 10.5. The van der Waals surface area contributed by atoms with Crippen LogP contribution in [0.4, 0.5) is 0 Å². The molecule has 0 saturated carbocycles. The van der Waals surface area contributed by atoms with Crippen LogP contribution in [0.25, 0.3) is 0 Å². The van der Waals surface area contributed by atoms with Crippen molar-refractivity contribution in [3.63, 3.8) is 0 Å². The Balaban J connectivity index is 1.79. The molecule has 6 heteroatoms. The van der Waals surface area contributed by atoms with Gasteiger partial charge in [-0.3, -0.25) is 4.79 Å². The number of hydrogen-bond donors (Lipinski definition) is 1. The van der Waals surface area contributed by atoms with Crippen LogP contribution in [-0.2, 0) is 16.4 Å². The van der Waals surface area contributed by atoms with Crippen LogP contribution in [-0.4, -0.2) is 32.8 Å². The molecule has 0 radical (unpaired) electrons. The molecule has 1 N–H and O–H groups in total. The lowest BCUT2D eigenvalue weighted by Gasteiger charge is -2.33. The van der Waals surface area contributed by atoms with Crippen molar-refractivity contribution in [3.05, 3.63) is 77.9 Å². The van der Waals surface area contributed by atoms with Crippen molar-refractivity contribution in [2.75, 3.05) is 13.6 Å². The lowest BCUT2D eigenvalue weighted by Crippen LogP contribution is -2.33. The summed E-state index contributed by atoms with van der Waals surface area (Å²) in [4.78, 5) is 14.8. The van der Waals surface area contributed by atoms with Gasteiger partial charge in [-0.25, -0.2) is 13.1 Å². The van der Waals surface area contributed by atoms with Crippen molar-refractivity contribution in [1.82, 2.24) is 9.62 Å². The molecule has 0 saturated heterocycles. The minimum Gasteiger partial charge on any atom is -0.335 e. The molecular formula is C21H24N2O3S. The fraction of sp³-hybridized carbons (Fsp3) is 0.286. The molecule has 0 aliphatic heterocycles. The summed E-state index contributed by atoms with van der Waals surface area (Å²) in [6.07, 6.45) is 4.49. The summed E-state index contributed by atoms with van der Waals surface area (Å²) in [7, 11) is -1.78. The zero-order chi connectivity index (χ0) is 19.4. The van der Waals surface area contributed by atoms with Gasteiger partial charge in [-0.15, -0.1) is 6.58 Å². The Morgan fingerprint density at radius 1 is 1.22 bits per heavy atom. The number of benzene rings is 2. The maximum absolute atomic E-state index is 12.9. The normalized spacial score (nSPS) is 16.4. The number of sulfonamides is 1. The third-order valence-electron chi connectivity index (χ3n) is 4.95. The highest BCUT2D eigenvalue weighted by Gasteiger charge is 2.27. The summed E-state index contributed by atoms with van der Waals surface area (Å²) in [6.45, 7) is 3.66.